The molecule has 0 aliphatic rings. The second kappa shape index (κ2) is 21.6. The van der Waals surface area contributed by atoms with Crippen LogP contribution in [0.15, 0.2) is 131 Å². The van der Waals surface area contributed by atoms with Gasteiger partial charge >= 0.3 is 26.2 Å². The third-order valence-corrected chi connectivity index (χ3v) is 7.97. The summed E-state index contributed by atoms with van der Waals surface area (Å²) in [6, 6.07) is 40.7. The van der Waals surface area contributed by atoms with Gasteiger partial charge in [-0.2, -0.15) is 0 Å². The summed E-state index contributed by atoms with van der Waals surface area (Å²) >= 11 is 0. The Morgan fingerprint density at radius 1 is 0.468 bits per heavy atom. The number of nitrogens with zero attached hydrogens (tertiary/aromatic N) is 6. The Balaban J connectivity index is 0.000000320. The molecule has 0 heterocycles. The molecule has 0 saturated carbocycles. The van der Waals surface area contributed by atoms with Crippen molar-refractivity contribution < 1.29 is 26.2 Å². The van der Waals surface area contributed by atoms with E-state index in [0.29, 0.717) is 0 Å². The zero-order valence-corrected chi connectivity index (χ0v) is 33.4. The van der Waals surface area contributed by atoms with E-state index in [0.717, 1.165) is 73.2 Å². The number of benzene rings is 4. The van der Waals surface area contributed by atoms with Crippen LogP contribution in [0, 0.1) is 0 Å². The number of para-hydroxylation sites is 2. The maximum atomic E-state index is 4.89. The van der Waals surface area contributed by atoms with Crippen LogP contribution >= 0.6 is 0 Å². The van der Waals surface area contributed by atoms with Gasteiger partial charge in [-0.05, 0) is 11.1 Å². The standard InChI is InChI=1S/2C19H25N3Si.Zr/c2*1-23(2,3)22-19(17-11-6-4-7-12-17)21-16-10-15-20-18-13-8-5-9-14-18;/h2*4-9,11-14H,10,15-16H2,1-3H3;/q2*-2;+4. The van der Waals surface area contributed by atoms with E-state index in [1.807, 2.05) is 97.1 Å². The van der Waals surface area contributed by atoms with Gasteiger partial charge in [-0.1, -0.05) is 198 Å². The van der Waals surface area contributed by atoms with E-state index in [9.17, 15) is 0 Å². The van der Waals surface area contributed by atoms with Crippen LogP contribution in [0.4, 0.5) is 11.4 Å². The first-order chi connectivity index (χ1) is 22.1. The topological polar surface area (TPSA) is 81.1 Å². The normalized spacial score (nSPS) is 11.8. The molecule has 6 nitrogen and oxygen atoms in total. The minimum absolute atomic E-state index is 0. The molecular formula is C38H50N6Si2Zr. The first-order valence-corrected chi connectivity index (χ1v) is 23.1. The average molecular weight is 738 g/mol. The van der Waals surface area contributed by atoms with E-state index in [4.69, 9.17) is 19.9 Å². The second-order valence-electron chi connectivity index (χ2n) is 12.8. The fourth-order valence-corrected chi connectivity index (χ4v) is 5.86. The fraction of sp³-hybridized carbons (Fsp3) is 0.316. The summed E-state index contributed by atoms with van der Waals surface area (Å²) in [7, 11) is -3.11. The molecule has 4 aromatic carbocycles. The van der Waals surface area contributed by atoms with E-state index in [1.54, 1.807) is 0 Å². The average Bonchev–Trinajstić information content (AvgIpc) is 3.04. The van der Waals surface area contributed by atoms with Gasteiger partial charge in [0.05, 0.1) is 0 Å². The van der Waals surface area contributed by atoms with Crippen LogP contribution in [0.1, 0.15) is 24.0 Å². The zero-order chi connectivity index (χ0) is 33.1. The van der Waals surface area contributed by atoms with Crippen molar-refractivity contribution in [1.29, 1.82) is 0 Å². The molecule has 244 valence electrons. The van der Waals surface area contributed by atoms with Crippen LogP contribution < -0.4 is 0 Å². The van der Waals surface area contributed by atoms with E-state index < -0.39 is 16.5 Å². The van der Waals surface area contributed by atoms with Gasteiger partial charge in [-0.15, -0.1) is 24.5 Å². The molecule has 0 unspecified atom stereocenters. The van der Waals surface area contributed by atoms with Crippen molar-refractivity contribution in [2.75, 3.05) is 26.2 Å². The second-order valence-corrected chi connectivity index (χ2v) is 22.0. The van der Waals surface area contributed by atoms with E-state index in [-0.39, 0.29) is 26.2 Å². The maximum Gasteiger partial charge on any atom is 4.00 e. The fourth-order valence-electron chi connectivity index (χ4n) is 4.19. The molecule has 4 rings (SSSR count). The molecule has 0 saturated heterocycles. The monoisotopic (exact) mass is 736 g/mol. The largest absolute Gasteiger partial charge is 4.00 e. The summed E-state index contributed by atoms with van der Waals surface area (Å²) in [4.78, 5) is 19.3. The number of hydrogen-bond acceptors (Lipinski definition) is 2. The van der Waals surface area contributed by atoms with Gasteiger partial charge in [0.25, 0.3) is 0 Å². The molecule has 9 heteroatoms. The Bertz CT molecular complexity index is 1330. The zero-order valence-electron chi connectivity index (χ0n) is 29.0. The molecule has 47 heavy (non-hydrogen) atoms. The number of aliphatic imine (C=N–C) groups is 2. The molecule has 0 aliphatic heterocycles. The van der Waals surface area contributed by atoms with Crippen molar-refractivity contribution >= 4 is 39.5 Å². The molecule has 0 fully saturated rings. The molecule has 0 atom stereocenters. The summed E-state index contributed by atoms with van der Waals surface area (Å²) in [5.41, 5.74) is 4.28. The van der Waals surface area contributed by atoms with Crippen LogP contribution in [0.5, 0.6) is 0 Å². The molecule has 4 aromatic rings. The Morgan fingerprint density at radius 3 is 1.06 bits per heavy atom. The summed E-state index contributed by atoms with van der Waals surface area (Å²) in [5, 5.41) is 9.12. The molecular weight excluding hydrogens is 688 g/mol. The first kappa shape index (κ1) is 39.9. The van der Waals surface area contributed by atoms with Crippen molar-refractivity contribution in [3.63, 3.8) is 0 Å². The van der Waals surface area contributed by atoms with Crippen molar-refractivity contribution in [2.45, 2.75) is 52.1 Å². The summed E-state index contributed by atoms with van der Waals surface area (Å²) in [5.74, 6) is 1.79. The van der Waals surface area contributed by atoms with E-state index in [1.165, 1.54) is 0 Å². The maximum absolute atomic E-state index is 4.89. The van der Waals surface area contributed by atoms with Crippen molar-refractivity contribution in [3.05, 3.63) is 153 Å². The third kappa shape index (κ3) is 18.0. The molecule has 0 spiro atoms. The number of amidine groups is 2. The third-order valence-electron chi connectivity index (χ3n) is 6.20. The van der Waals surface area contributed by atoms with E-state index >= 15 is 0 Å². The van der Waals surface area contributed by atoms with Gasteiger partial charge in [0.2, 0.25) is 0 Å². The SMILES string of the molecule is C[Si](C)(C)[N-]C(=NCCC[N-]c1ccccc1)c1ccccc1.C[Si](C)(C)[N-]C(=NCCC[N-]c1ccccc1)c1ccccc1.[Zr+4]. The van der Waals surface area contributed by atoms with Crippen LogP contribution in [-0.4, -0.2) is 54.3 Å². The Kier molecular flexibility index (Phi) is 18.3. The predicted molar refractivity (Wildman–Crippen MR) is 207 cm³/mol. The van der Waals surface area contributed by atoms with Crippen molar-refractivity contribution in [1.82, 2.24) is 0 Å². The van der Waals surface area contributed by atoms with E-state index in [2.05, 4.69) is 74.2 Å². The summed E-state index contributed by atoms with van der Waals surface area (Å²) < 4.78 is 0. The Hall–Kier alpha value is -3.26. The molecule has 0 amide bonds. The Morgan fingerprint density at radius 2 is 0.766 bits per heavy atom. The quantitative estimate of drug-likeness (QED) is 0.0534. The van der Waals surface area contributed by atoms with Gasteiger partial charge in [-0.25, -0.2) is 0 Å². The molecule has 0 bridgehead atoms. The van der Waals surface area contributed by atoms with Crippen LogP contribution in [0.2, 0.25) is 39.3 Å². The summed E-state index contributed by atoms with van der Waals surface area (Å²) in [6.45, 7) is 16.5. The van der Waals surface area contributed by atoms with Gasteiger partial charge in [0.15, 0.2) is 0 Å². The smallest absolute Gasteiger partial charge is 0.684 e. The molecule has 0 aromatic heterocycles. The van der Waals surface area contributed by atoms with Gasteiger partial charge < -0.3 is 30.6 Å². The first-order valence-electron chi connectivity index (χ1n) is 16.2. The molecule has 0 aliphatic carbocycles. The number of hydrogen-bond donors (Lipinski definition) is 0. The minimum atomic E-state index is -1.55. The molecule has 0 N–H and O–H groups in total. The Labute approximate surface area is 305 Å². The van der Waals surface area contributed by atoms with Gasteiger partial charge in [0.1, 0.15) is 0 Å². The predicted octanol–water partition coefficient (Wildman–Crippen LogP) is 11.5. The molecule has 0 radical (unpaired) electrons. The van der Waals surface area contributed by atoms with Gasteiger partial charge in [0, 0.05) is 16.5 Å². The van der Waals surface area contributed by atoms with Crippen molar-refractivity contribution in [3.8, 4) is 0 Å². The van der Waals surface area contributed by atoms with Gasteiger partial charge in [-0.3, -0.25) is 0 Å². The van der Waals surface area contributed by atoms with Crippen LogP contribution in [-0.2, 0) is 26.2 Å². The number of rotatable bonds is 14. The van der Waals surface area contributed by atoms with Crippen LogP contribution in [0.3, 0.4) is 0 Å². The summed E-state index contributed by atoms with van der Waals surface area (Å²) in [6.07, 6.45) is 1.87. The minimum Gasteiger partial charge on any atom is -0.684 e. The van der Waals surface area contributed by atoms with Crippen molar-refractivity contribution in [2.24, 2.45) is 9.98 Å². The van der Waals surface area contributed by atoms with Crippen LogP contribution in [0.25, 0.3) is 20.6 Å².